The molecular formula is C9H6N2O3. The molecule has 14 heavy (non-hydrogen) atoms. The summed E-state index contributed by atoms with van der Waals surface area (Å²) in [5.41, 5.74) is 8.58. The van der Waals surface area contributed by atoms with Crippen molar-refractivity contribution in [3.8, 4) is 11.5 Å². The van der Waals surface area contributed by atoms with Gasteiger partial charge in [-0.25, -0.2) is 0 Å². The Hall–Kier alpha value is -2.13. The quantitative estimate of drug-likeness (QED) is 0.301. The molecule has 0 saturated carbocycles. The molecule has 0 radical (unpaired) electrons. The zero-order chi connectivity index (χ0) is 9.97. The monoisotopic (exact) mass is 190 g/mol. The summed E-state index contributed by atoms with van der Waals surface area (Å²) in [6.45, 7) is 0.168. The second-order valence-corrected chi connectivity index (χ2v) is 2.68. The Bertz CT molecular complexity index is 436. The summed E-state index contributed by atoms with van der Waals surface area (Å²) in [4.78, 5) is 13.9. The molecule has 0 N–H and O–H groups in total. The van der Waals surface area contributed by atoms with Crippen LogP contribution in [0.15, 0.2) is 18.2 Å². The molecular weight excluding hydrogens is 184 g/mol. The highest BCUT2D eigenvalue weighted by molar-refractivity contribution is 6.33. The van der Waals surface area contributed by atoms with Crippen molar-refractivity contribution in [3.63, 3.8) is 0 Å². The van der Waals surface area contributed by atoms with Crippen molar-refractivity contribution in [2.75, 3.05) is 6.79 Å². The second-order valence-electron chi connectivity index (χ2n) is 2.68. The first-order valence-corrected chi connectivity index (χ1v) is 3.92. The number of hydrogen-bond donors (Lipinski definition) is 0. The Balaban J connectivity index is 2.37. The number of carbonyl (C=O) groups is 1. The van der Waals surface area contributed by atoms with Crippen molar-refractivity contribution < 1.29 is 19.1 Å². The maximum atomic E-state index is 11.2. The minimum absolute atomic E-state index is 0.168. The molecule has 70 valence electrons. The van der Waals surface area contributed by atoms with E-state index in [1.165, 1.54) is 0 Å². The molecule has 2 rings (SSSR count). The first-order valence-electron chi connectivity index (χ1n) is 3.92. The number of ketones is 1. The van der Waals surface area contributed by atoms with E-state index in [0.717, 1.165) is 6.21 Å². The molecule has 1 aromatic carbocycles. The van der Waals surface area contributed by atoms with E-state index in [1.54, 1.807) is 18.2 Å². The lowest BCUT2D eigenvalue weighted by Gasteiger charge is -1.96. The van der Waals surface area contributed by atoms with Crippen molar-refractivity contribution in [2.24, 2.45) is 0 Å². The summed E-state index contributed by atoms with van der Waals surface area (Å²) in [5.74, 6) is 0.760. The van der Waals surface area contributed by atoms with E-state index in [9.17, 15) is 4.79 Å². The number of nitrogens with zero attached hydrogens (tertiary/aromatic N) is 2. The topological polar surface area (TPSA) is 71.9 Å². The van der Waals surface area contributed by atoms with Crippen LogP contribution in [0, 0.1) is 0 Å². The Morgan fingerprint density at radius 1 is 1.43 bits per heavy atom. The molecule has 5 nitrogen and oxygen atoms in total. The molecule has 0 unspecified atom stereocenters. The third-order valence-electron chi connectivity index (χ3n) is 1.83. The van der Waals surface area contributed by atoms with Gasteiger partial charge in [0.05, 0.1) is 0 Å². The van der Waals surface area contributed by atoms with Gasteiger partial charge in [0, 0.05) is 5.56 Å². The third-order valence-corrected chi connectivity index (χ3v) is 1.83. The highest BCUT2D eigenvalue weighted by Gasteiger charge is 2.16. The van der Waals surface area contributed by atoms with E-state index in [-0.39, 0.29) is 12.6 Å². The number of benzene rings is 1. The second kappa shape index (κ2) is 3.32. The highest BCUT2D eigenvalue weighted by atomic mass is 16.7. The van der Waals surface area contributed by atoms with Gasteiger partial charge in [0.1, 0.15) is 0 Å². The predicted molar refractivity (Wildman–Crippen MR) is 46.6 cm³/mol. The van der Waals surface area contributed by atoms with Crippen molar-refractivity contribution >= 4 is 12.0 Å². The van der Waals surface area contributed by atoms with Crippen LogP contribution >= 0.6 is 0 Å². The number of rotatable bonds is 2. The fourth-order valence-corrected chi connectivity index (χ4v) is 1.18. The first kappa shape index (κ1) is 8.47. The Labute approximate surface area is 79.5 Å². The summed E-state index contributed by atoms with van der Waals surface area (Å²) < 4.78 is 10.2. The molecule has 1 aliphatic rings. The first-order chi connectivity index (χ1) is 6.81. The molecule has 1 aliphatic heterocycles. The Kier molecular flexibility index (Phi) is 2.01. The predicted octanol–water partition coefficient (Wildman–Crippen LogP) is 0.899. The van der Waals surface area contributed by atoms with Crippen LogP contribution in [0.25, 0.3) is 5.53 Å². The molecule has 5 heteroatoms. The number of Topliss-reactive ketones (excluding diaryl/α,β-unsaturated/α-hetero) is 1. The fourth-order valence-electron chi connectivity index (χ4n) is 1.18. The minimum Gasteiger partial charge on any atom is -0.454 e. The smallest absolute Gasteiger partial charge is 0.328 e. The summed E-state index contributed by atoms with van der Waals surface area (Å²) in [5, 5.41) is 0. The lowest BCUT2D eigenvalue weighted by atomic mass is 10.1. The van der Waals surface area contributed by atoms with Crippen molar-refractivity contribution in [1.29, 1.82) is 0 Å². The number of hydrogen-bond acceptors (Lipinski definition) is 3. The molecule has 0 saturated heterocycles. The largest absolute Gasteiger partial charge is 0.454 e. The van der Waals surface area contributed by atoms with Crippen molar-refractivity contribution in [1.82, 2.24) is 0 Å². The van der Waals surface area contributed by atoms with Gasteiger partial charge < -0.3 is 15.0 Å². The van der Waals surface area contributed by atoms with E-state index in [1.807, 2.05) is 0 Å². The van der Waals surface area contributed by atoms with E-state index in [0.29, 0.717) is 17.1 Å². The Morgan fingerprint density at radius 3 is 3.00 bits per heavy atom. The molecule has 0 bridgehead atoms. The molecule has 0 aromatic heterocycles. The normalized spacial score (nSPS) is 12.0. The van der Waals surface area contributed by atoms with Gasteiger partial charge in [0.25, 0.3) is 5.78 Å². The van der Waals surface area contributed by atoms with Crippen LogP contribution in [0.5, 0.6) is 11.5 Å². The van der Waals surface area contributed by atoms with Gasteiger partial charge in [0.2, 0.25) is 6.79 Å². The van der Waals surface area contributed by atoms with Crippen LogP contribution in [-0.2, 0) is 0 Å². The van der Waals surface area contributed by atoms with Gasteiger partial charge in [-0.05, 0) is 18.2 Å². The number of fused-ring (bicyclic) bond motifs is 1. The molecule has 0 amide bonds. The molecule has 0 fully saturated rings. The van der Waals surface area contributed by atoms with E-state index < -0.39 is 0 Å². The average molecular weight is 190 g/mol. The highest BCUT2D eigenvalue weighted by Crippen LogP contribution is 2.32. The molecule has 1 heterocycles. The summed E-state index contributed by atoms with van der Waals surface area (Å²) >= 11 is 0. The number of ether oxygens (including phenoxy) is 2. The molecule has 0 aliphatic carbocycles. The van der Waals surface area contributed by atoms with Gasteiger partial charge in [-0.1, -0.05) is 0 Å². The van der Waals surface area contributed by atoms with Crippen LogP contribution in [0.2, 0.25) is 0 Å². The van der Waals surface area contributed by atoms with Crippen molar-refractivity contribution in [2.45, 2.75) is 0 Å². The van der Waals surface area contributed by atoms with Gasteiger partial charge in [-0.3, -0.25) is 4.79 Å². The third kappa shape index (κ3) is 1.36. The standard InChI is InChI=1S/C9H6N2O3/c10-11-4-7(12)6-1-2-8-9(3-6)14-5-13-8/h1-4H,5H2. The Morgan fingerprint density at radius 2 is 2.21 bits per heavy atom. The average Bonchev–Trinajstić information content (AvgIpc) is 2.64. The van der Waals surface area contributed by atoms with Crippen LogP contribution in [0.4, 0.5) is 0 Å². The van der Waals surface area contributed by atoms with Crippen LogP contribution in [-0.4, -0.2) is 23.6 Å². The zero-order valence-electron chi connectivity index (χ0n) is 7.14. The van der Waals surface area contributed by atoms with E-state index in [2.05, 4.69) is 4.79 Å². The van der Waals surface area contributed by atoms with Crippen LogP contribution < -0.4 is 9.47 Å². The van der Waals surface area contributed by atoms with Crippen LogP contribution in [0.1, 0.15) is 10.4 Å². The summed E-state index contributed by atoms with van der Waals surface area (Å²) in [6.07, 6.45) is 0.831. The summed E-state index contributed by atoms with van der Waals surface area (Å²) in [7, 11) is 0. The minimum atomic E-state index is -0.384. The SMILES string of the molecule is [N-]=[N+]=CC(=O)c1ccc2c(c1)OCO2. The van der Waals surface area contributed by atoms with Gasteiger partial charge in [0.15, 0.2) is 11.5 Å². The van der Waals surface area contributed by atoms with Crippen LogP contribution in [0.3, 0.4) is 0 Å². The molecule has 1 aromatic rings. The van der Waals surface area contributed by atoms with Crippen molar-refractivity contribution in [3.05, 3.63) is 29.3 Å². The summed E-state index contributed by atoms with van der Waals surface area (Å²) in [6, 6.07) is 4.77. The lowest BCUT2D eigenvalue weighted by molar-refractivity contribution is 0.00235. The van der Waals surface area contributed by atoms with Gasteiger partial charge >= 0.3 is 6.21 Å². The van der Waals surface area contributed by atoms with Gasteiger partial charge in [-0.15, -0.1) is 0 Å². The maximum Gasteiger partial charge on any atom is 0.328 e. The zero-order valence-corrected chi connectivity index (χ0v) is 7.14. The fraction of sp³-hybridized carbons (Fsp3) is 0.111. The molecule has 0 spiro atoms. The molecule has 0 atom stereocenters. The number of carbonyl (C=O) groups excluding carboxylic acids is 1. The maximum absolute atomic E-state index is 11.2. The van der Waals surface area contributed by atoms with Gasteiger partial charge in [-0.2, -0.15) is 4.79 Å². The van der Waals surface area contributed by atoms with E-state index in [4.69, 9.17) is 15.0 Å². The van der Waals surface area contributed by atoms with E-state index >= 15 is 0 Å². The lowest BCUT2D eigenvalue weighted by Crippen LogP contribution is -2.00.